The maximum atomic E-state index is 11.5. The van der Waals surface area contributed by atoms with Gasteiger partial charge in [-0.25, -0.2) is 0 Å². The van der Waals surface area contributed by atoms with Crippen molar-refractivity contribution in [2.75, 3.05) is 26.2 Å². The monoisotopic (exact) mass is 228 g/mol. The van der Waals surface area contributed by atoms with Crippen LogP contribution in [-0.2, 0) is 9.53 Å². The Morgan fingerprint density at radius 2 is 2.31 bits per heavy atom. The molecule has 0 aromatic rings. The molecule has 0 aliphatic carbocycles. The van der Waals surface area contributed by atoms with E-state index in [1.165, 1.54) is 0 Å². The molecule has 0 aromatic heterocycles. The van der Waals surface area contributed by atoms with Gasteiger partial charge >= 0.3 is 5.97 Å². The molecule has 1 rings (SSSR count). The smallest absolute Gasteiger partial charge is 0.309 e. The molecule has 1 heterocycles. The summed E-state index contributed by atoms with van der Waals surface area (Å²) in [5.74, 6) is 0.435. The van der Waals surface area contributed by atoms with Crippen LogP contribution in [0.1, 0.15) is 27.2 Å². The van der Waals surface area contributed by atoms with Crippen LogP contribution >= 0.6 is 0 Å². The third-order valence-corrected chi connectivity index (χ3v) is 3.32. The summed E-state index contributed by atoms with van der Waals surface area (Å²) in [4.78, 5) is 13.8. The number of esters is 1. The molecule has 1 saturated heterocycles. The van der Waals surface area contributed by atoms with E-state index >= 15 is 0 Å². The van der Waals surface area contributed by atoms with E-state index in [1.807, 2.05) is 13.8 Å². The molecule has 94 valence electrons. The fourth-order valence-corrected chi connectivity index (χ4v) is 2.08. The number of hydrogen-bond donors (Lipinski definition) is 1. The third kappa shape index (κ3) is 3.76. The molecule has 1 fully saturated rings. The third-order valence-electron chi connectivity index (χ3n) is 3.32. The number of nitrogens with zero attached hydrogens (tertiary/aromatic N) is 1. The quantitative estimate of drug-likeness (QED) is 0.725. The number of hydrogen-bond acceptors (Lipinski definition) is 4. The number of carbonyl (C=O) groups is 1. The summed E-state index contributed by atoms with van der Waals surface area (Å²) < 4.78 is 5.00. The van der Waals surface area contributed by atoms with E-state index in [-0.39, 0.29) is 17.9 Å². The zero-order valence-electron chi connectivity index (χ0n) is 10.6. The van der Waals surface area contributed by atoms with Gasteiger partial charge in [0.2, 0.25) is 0 Å². The van der Waals surface area contributed by atoms with Crippen molar-refractivity contribution in [1.29, 1.82) is 0 Å². The van der Waals surface area contributed by atoms with Crippen LogP contribution < -0.4 is 5.73 Å². The van der Waals surface area contributed by atoms with Gasteiger partial charge in [0, 0.05) is 19.1 Å². The van der Waals surface area contributed by atoms with E-state index in [4.69, 9.17) is 10.5 Å². The van der Waals surface area contributed by atoms with E-state index in [0.29, 0.717) is 12.5 Å². The average Bonchev–Trinajstić information content (AvgIpc) is 2.24. The SMILES string of the molecule is CCOC(=O)C(C)CN1CCC(C)C(N)C1. The minimum absolute atomic E-state index is 0.0550. The maximum absolute atomic E-state index is 11.5. The van der Waals surface area contributed by atoms with Crippen molar-refractivity contribution in [2.24, 2.45) is 17.6 Å². The molecular weight excluding hydrogens is 204 g/mol. The summed E-state index contributed by atoms with van der Waals surface area (Å²) in [6.45, 7) is 9.10. The molecule has 4 nitrogen and oxygen atoms in total. The lowest BCUT2D eigenvalue weighted by Crippen LogP contribution is -2.49. The van der Waals surface area contributed by atoms with E-state index in [0.717, 1.165) is 26.1 Å². The summed E-state index contributed by atoms with van der Waals surface area (Å²) >= 11 is 0. The second-order valence-corrected chi connectivity index (χ2v) is 4.84. The number of rotatable bonds is 4. The number of ether oxygens (including phenoxy) is 1. The highest BCUT2D eigenvalue weighted by atomic mass is 16.5. The molecule has 16 heavy (non-hydrogen) atoms. The van der Waals surface area contributed by atoms with Gasteiger partial charge in [0.1, 0.15) is 0 Å². The van der Waals surface area contributed by atoms with Crippen molar-refractivity contribution in [3.63, 3.8) is 0 Å². The molecule has 0 bridgehead atoms. The van der Waals surface area contributed by atoms with Gasteiger partial charge < -0.3 is 15.4 Å². The second-order valence-electron chi connectivity index (χ2n) is 4.84. The fraction of sp³-hybridized carbons (Fsp3) is 0.917. The standard InChI is InChI=1S/C12H24N2O2/c1-4-16-12(15)10(3)7-14-6-5-9(2)11(13)8-14/h9-11H,4-8,13H2,1-3H3. The van der Waals surface area contributed by atoms with E-state index in [9.17, 15) is 4.79 Å². The molecule has 2 N–H and O–H groups in total. The van der Waals surface area contributed by atoms with Crippen LogP contribution in [0.15, 0.2) is 0 Å². The van der Waals surface area contributed by atoms with Crippen molar-refractivity contribution < 1.29 is 9.53 Å². The van der Waals surface area contributed by atoms with Gasteiger partial charge in [0.05, 0.1) is 12.5 Å². The Kier molecular flexibility index (Phi) is 5.22. The molecule has 1 aliphatic heterocycles. The normalized spacial score (nSPS) is 28.8. The molecule has 1 aliphatic rings. The van der Waals surface area contributed by atoms with Crippen LogP contribution in [0.4, 0.5) is 0 Å². The van der Waals surface area contributed by atoms with Crippen molar-refractivity contribution in [1.82, 2.24) is 4.90 Å². The van der Waals surface area contributed by atoms with E-state index in [2.05, 4.69) is 11.8 Å². The van der Waals surface area contributed by atoms with Crippen molar-refractivity contribution in [3.05, 3.63) is 0 Å². The first-order chi connectivity index (χ1) is 7.54. The van der Waals surface area contributed by atoms with E-state index < -0.39 is 0 Å². The van der Waals surface area contributed by atoms with Crippen molar-refractivity contribution in [2.45, 2.75) is 33.2 Å². The summed E-state index contributed by atoms with van der Waals surface area (Å²) in [6, 6.07) is 0.239. The largest absolute Gasteiger partial charge is 0.466 e. The minimum atomic E-state index is -0.102. The van der Waals surface area contributed by atoms with Crippen LogP contribution in [0.25, 0.3) is 0 Å². The summed E-state index contributed by atoms with van der Waals surface area (Å²) in [7, 11) is 0. The summed E-state index contributed by atoms with van der Waals surface area (Å²) in [6.07, 6.45) is 1.12. The topological polar surface area (TPSA) is 55.6 Å². The molecule has 0 spiro atoms. The molecule has 0 radical (unpaired) electrons. The van der Waals surface area contributed by atoms with Gasteiger partial charge in [0.25, 0.3) is 0 Å². The van der Waals surface area contributed by atoms with Gasteiger partial charge in [-0.1, -0.05) is 13.8 Å². The van der Waals surface area contributed by atoms with Gasteiger partial charge in [0.15, 0.2) is 0 Å². The Morgan fingerprint density at radius 1 is 1.62 bits per heavy atom. The molecule has 4 heteroatoms. The molecular formula is C12H24N2O2. The molecule has 0 saturated carbocycles. The van der Waals surface area contributed by atoms with Gasteiger partial charge in [-0.05, 0) is 25.8 Å². The van der Waals surface area contributed by atoms with Crippen LogP contribution in [0.2, 0.25) is 0 Å². The Balaban J connectivity index is 2.34. The molecule has 0 amide bonds. The number of likely N-dealkylation sites (tertiary alicyclic amines) is 1. The van der Waals surface area contributed by atoms with Gasteiger partial charge in [-0.3, -0.25) is 4.79 Å². The van der Waals surface area contributed by atoms with Crippen LogP contribution in [0.3, 0.4) is 0 Å². The first-order valence-corrected chi connectivity index (χ1v) is 6.19. The number of nitrogens with two attached hydrogens (primary N) is 1. The van der Waals surface area contributed by atoms with Crippen LogP contribution in [0, 0.1) is 11.8 Å². The van der Waals surface area contributed by atoms with Crippen LogP contribution in [0.5, 0.6) is 0 Å². The highest BCUT2D eigenvalue weighted by Crippen LogP contribution is 2.16. The predicted molar refractivity (Wildman–Crippen MR) is 64.0 cm³/mol. The summed E-state index contributed by atoms with van der Waals surface area (Å²) in [5, 5.41) is 0. The fourth-order valence-electron chi connectivity index (χ4n) is 2.08. The second kappa shape index (κ2) is 6.21. The summed E-state index contributed by atoms with van der Waals surface area (Å²) in [5.41, 5.74) is 6.02. The zero-order valence-corrected chi connectivity index (χ0v) is 10.6. The number of carbonyl (C=O) groups excluding carboxylic acids is 1. The highest BCUT2D eigenvalue weighted by molar-refractivity contribution is 5.72. The Morgan fingerprint density at radius 3 is 2.88 bits per heavy atom. The number of piperidine rings is 1. The first kappa shape index (κ1) is 13.5. The van der Waals surface area contributed by atoms with Crippen LogP contribution in [-0.4, -0.2) is 43.2 Å². The minimum Gasteiger partial charge on any atom is -0.466 e. The Bertz CT molecular complexity index is 233. The Hall–Kier alpha value is -0.610. The lowest BCUT2D eigenvalue weighted by Gasteiger charge is -2.35. The highest BCUT2D eigenvalue weighted by Gasteiger charge is 2.25. The maximum Gasteiger partial charge on any atom is 0.309 e. The van der Waals surface area contributed by atoms with E-state index in [1.54, 1.807) is 0 Å². The molecule has 0 aromatic carbocycles. The molecule has 3 atom stereocenters. The average molecular weight is 228 g/mol. The first-order valence-electron chi connectivity index (χ1n) is 6.19. The molecule has 3 unspecified atom stereocenters. The van der Waals surface area contributed by atoms with Gasteiger partial charge in [-0.15, -0.1) is 0 Å². The lowest BCUT2D eigenvalue weighted by molar-refractivity contribution is -0.148. The van der Waals surface area contributed by atoms with Crippen molar-refractivity contribution in [3.8, 4) is 0 Å². The van der Waals surface area contributed by atoms with Gasteiger partial charge in [-0.2, -0.15) is 0 Å². The predicted octanol–water partition coefficient (Wildman–Crippen LogP) is 0.855. The Labute approximate surface area is 98.1 Å². The van der Waals surface area contributed by atoms with Crippen molar-refractivity contribution >= 4 is 5.97 Å². The lowest BCUT2D eigenvalue weighted by atomic mass is 9.94. The zero-order chi connectivity index (χ0) is 12.1.